The molecule has 1 saturated carbocycles. The third-order valence-corrected chi connectivity index (χ3v) is 4.95. The molecule has 2 atom stereocenters. The molecule has 3 rings (SSSR count). The van der Waals surface area contributed by atoms with Crippen molar-refractivity contribution in [1.29, 1.82) is 0 Å². The van der Waals surface area contributed by atoms with E-state index in [1.807, 2.05) is 0 Å². The van der Waals surface area contributed by atoms with Crippen LogP contribution in [0.25, 0.3) is 0 Å². The number of aliphatic carboxylic acids is 1. The van der Waals surface area contributed by atoms with E-state index in [-0.39, 0.29) is 36.8 Å². The number of benzene rings is 1. The average Bonchev–Trinajstić information content (AvgIpc) is 3.36. The molecule has 1 aliphatic carbocycles. The largest absolute Gasteiger partial charge is 0.481 e. The van der Waals surface area contributed by atoms with Crippen LogP contribution in [0.5, 0.6) is 0 Å². The van der Waals surface area contributed by atoms with Crippen LogP contribution in [0.4, 0.5) is 8.78 Å². The maximum Gasteiger partial charge on any atom is 0.305 e. The first-order valence-corrected chi connectivity index (χ1v) is 8.52. The molecule has 25 heavy (non-hydrogen) atoms. The first-order valence-electron chi connectivity index (χ1n) is 8.52. The standard InChI is InChI=1S/C18H21F2NO4/c19-11-1-2-13(16(20)9-11)14-10-15(14)18(24)21(6-3-17(22)23)12-4-7-25-8-5-12/h1-2,9,12,14-15H,3-8,10H2,(H,22,23)/t14-,15-/m1/s1. The van der Waals surface area contributed by atoms with Crippen molar-refractivity contribution in [2.75, 3.05) is 19.8 Å². The Bertz CT molecular complexity index is 660. The molecule has 1 aliphatic heterocycles. The second-order valence-corrected chi connectivity index (χ2v) is 6.63. The Morgan fingerprint density at radius 2 is 1.96 bits per heavy atom. The summed E-state index contributed by atoms with van der Waals surface area (Å²) in [6.45, 7) is 1.23. The van der Waals surface area contributed by atoms with Crippen molar-refractivity contribution in [1.82, 2.24) is 4.90 Å². The molecule has 0 unspecified atom stereocenters. The predicted molar refractivity (Wildman–Crippen MR) is 85.0 cm³/mol. The van der Waals surface area contributed by atoms with Crippen LogP contribution in [0.15, 0.2) is 18.2 Å². The van der Waals surface area contributed by atoms with Gasteiger partial charge in [0.2, 0.25) is 5.91 Å². The van der Waals surface area contributed by atoms with Gasteiger partial charge in [0.1, 0.15) is 11.6 Å². The van der Waals surface area contributed by atoms with Crippen LogP contribution in [0.2, 0.25) is 0 Å². The SMILES string of the molecule is O=C(O)CCN(C(=O)[C@@H]1C[C@@H]1c1ccc(F)cc1F)C1CCOCC1. The average molecular weight is 353 g/mol. The minimum atomic E-state index is -0.957. The van der Waals surface area contributed by atoms with Crippen molar-refractivity contribution in [3.8, 4) is 0 Å². The van der Waals surface area contributed by atoms with Crippen molar-refractivity contribution in [3.05, 3.63) is 35.4 Å². The van der Waals surface area contributed by atoms with E-state index in [1.54, 1.807) is 4.90 Å². The highest BCUT2D eigenvalue weighted by molar-refractivity contribution is 5.83. The number of ether oxygens (including phenoxy) is 1. The molecule has 2 fully saturated rings. The third-order valence-electron chi connectivity index (χ3n) is 4.95. The third kappa shape index (κ3) is 4.15. The molecule has 1 saturated heterocycles. The summed E-state index contributed by atoms with van der Waals surface area (Å²) in [5.74, 6) is -3.00. The van der Waals surface area contributed by atoms with Gasteiger partial charge in [-0.25, -0.2) is 8.78 Å². The molecule has 0 spiro atoms. The lowest BCUT2D eigenvalue weighted by molar-refractivity contribution is -0.141. The molecule has 136 valence electrons. The summed E-state index contributed by atoms with van der Waals surface area (Å²) in [5.41, 5.74) is 0.352. The van der Waals surface area contributed by atoms with Crippen molar-refractivity contribution in [2.24, 2.45) is 5.92 Å². The van der Waals surface area contributed by atoms with E-state index < -0.39 is 17.6 Å². The molecule has 7 heteroatoms. The monoisotopic (exact) mass is 353 g/mol. The van der Waals surface area contributed by atoms with Crippen LogP contribution in [-0.2, 0) is 14.3 Å². The number of nitrogens with zero attached hydrogens (tertiary/aromatic N) is 1. The lowest BCUT2D eigenvalue weighted by Gasteiger charge is -2.34. The van der Waals surface area contributed by atoms with Crippen LogP contribution >= 0.6 is 0 Å². The number of carboxylic acid groups (broad SMARTS) is 1. The van der Waals surface area contributed by atoms with Gasteiger partial charge in [-0.05, 0) is 36.8 Å². The van der Waals surface area contributed by atoms with Crippen LogP contribution in [0, 0.1) is 17.6 Å². The normalized spacial score (nSPS) is 23.3. The highest BCUT2D eigenvalue weighted by atomic mass is 19.1. The van der Waals surface area contributed by atoms with Crippen molar-refractivity contribution in [3.63, 3.8) is 0 Å². The molecular weight excluding hydrogens is 332 g/mol. The number of carbonyl (C=O) groups is 2. The molecule has 1 N–H and O–H groups in total. The zero-order chi connectivity index (χ0) is 18.0. The lowest BCUT2D eigenvalue weighted by atomic mass is 10.0. The molecule has 1 aromatic carbocycles. The van der Waals surface area contributed by atoms with E-state index in [0.29, 0.717) is 38.0 Å². The van der Waals surface area contributed by atoms with Gasteiger partial charge >= 0.3 is 5.97 Å². The van der Waals surface area contributed by atoms with Gasteiger partial charge < -0.3 is 14.7 Å². The van der Waals surface area contributed by atoms with Gasteiger partial charge in [-0.1, -0.05) is 6.07 Å². The summed E-state index contributed by atoms with van der Waals surface area (Å²) in [6.07, 6.45) is 1.74. The van der Waals surface area contributed by atoms with Gasteiger partial charge in [0, 0.05) is 37.8 Å². The Labute approximate surface area is 144 Å². The summed E-state index contributed by atoms with van der Waals surface area (Å²) in [6, 6.07) is 3.37. The molecule has 0 radical (unpaired) electrons. The van der Waals surface area contributed by atoms with E-state index in [0.717, 1.165) is 6.07 Å². The van der Waals surface area contributed by atoms with E-state index in [1.165, 1.54) is 12.1 Å². The van der Waals surface area contributed by atoms with Crippen molar-refractivity contribution >= 4 is 11.9 Å². The summed E-state index contributed by atoms with van der Waals surface area (Å²) in [5, 5.41) is 8.94. The smallest absolute Gasteiger partial charge is 0.305 e. The predicted octanol–water partition coefficient (Wildman–Crippen LogP) is 2.55. The molecule has 2 aliphatic rings. The van der Waals surface area contributed by atoms with Crippen LogP contribution in [0.1, 0.15) is 37.2 Å². The molecule has 1 amide bonds. The Balaban J connectivity index is 1.70. The van der Waals surface area contributed by atoms with Gasteiger partial charge in [-0.2, -0.15) is 0 Å². The number of carbonyl (C=O) groups excluding carboxylic acids is 1. The number of rotatable bonds is 6. The Kier molecular flexibility index (Phi) is 5.32. The zero-order valence-corrected chi connectivity index (χ0v) is 13.8. The maximum absolute atomic E-state index is 13.9. The number of hydrogen-bond acceptors (Lipinski definition) is 3. The van der Waals surface area contributed by atoms with Gasteiger partial charge in [0.15, 0.2) is 0 Å². The maximum atomic E-state index is 13.9. The minimum Gasteiger partial charge on any atom is -0.481 e. The van der Waals surface area contributed by atoms with E-state index in [9.17, 15) is 18.4 Å². The molecule has 1 aromatic rings. The quantitative estimate of drug-likeness (QED) is 0.854. The Hall–Kier alpha value is -2.02. The van der Waals surface area contributed by atoms with Gasteiger partial charge in [0.25, 0.3) is 0 Å². The molecule has 0 bridgehead atoms. The van der Waals surface area contributed by atoms with Gasteiger partial charge in [-0.15, -0.1) is 0 Å². The number of hydrogen-bond donors (Lipinski definition) is 1. The number of carboxylic acids is 1. The second kappa shape index (κ2) is 7.47. The number of amides is 1. The summed E-state index contributed by atoms with van der Waals surface area (Å²) in [4.78, 5) is 25.4. The van der Waals surface area contributed by atoms with Gasteiger partial charge in [0.05, 0.1) is 6.42 Å². The van der Waals surface area contributed by atoms with Crippen molar-refractivity contribution in [2.45, 2.75) is 37.6 Å². The Morgan fingerprint density at radius 3 is 2.60 bits per heavy atom. The molecule has 1 heterocycles. The van der Waals surface area contributed by atoms with Crippen LogP contribution in [-0.4, -0.2) is 47.7 Å². The molecule has 0 aromatic heterocycles. The van der Waals surface area contributed by atoms with E-state index in [2.05, 4.69) is 0 Å². The second-order valence-electron chi connectivity index (χ2n) is 6.63. The fraction of sp³-hybridized carbons (Fsp3) is 0.556. The Morgan fingerprint density at radius 1 is 1.24 bits per heavy atom. The summed E-state index contributed by atoms with van der Waals surface area (Å²) in [7, 11) is 0. The summed E-state index contributed by atoms with van der Waals surface area (Å²) >= 11 is 0. The van der Waals surface area contributed by atoms with E-state index >= 15 is 0 Å². The first kappa shape index (κ1) is 17.8. The fourth-order valence-corrected chi connectivity index (χ4v) is 3.51. The highest BCUT2D eigenvalue weighted by Crippen LogP contribution is 2.49. The van der Waals surface area contributed by atoms with Crippen LogP contribution in [0.3, 0.4) is 0 Å². The fourth-order valence-electron chi connectivity index (χ4n) is 3.51. The van der Waals surface area contributed by atoms with Crippen molar-refractivity contribution < 1.29 is 28.2 Å². The minimum absolute atomic E-state index is 0.0417. The first-order chi connectivity index (χ1) is 12.0. The molecular formula is C18H21F2NO4. The van der Waals surface area contributed by atoms with Gasteiger partial charge in [-0.3, -0.25) is 9.59 Å². The highest BCUT2D eigenvalue weighted by Gasteiger charge is 2.48. The van der Waals surface area contributed by atoms with E-state index in [4.69, 9.17) is 9.84 Å². The number of halogens is 2. The topological polar surface area (TPSA) is 66.8 Å². The van der Waals surface area contributed by atoms with Crippen LogP contribution < -0.4 is 0 Å². The zero-order valence-electron chi connectivity index (χ0n) is 13.8. The summed E-state index contributed by atoms with van der Waals surface area (Å²) < 4.78 is 32.3. The molecule has 5 nitrogen and oxygen atoms in total. The lowest BCUT2D eigenvalue weighted by Crippen LogP contribution is -2.45.